The zero-order valence-corrected chi connectivity index (χ0v) is 17.5. The maximum absolute atomic E-state index is 14.7. The molecule has 2 atom stereocenters. The molecule has 2 N–H and O–H groups in total. The summed E-state index contributed by atoms with van der Waals surface area (Å²) in [5.41, 5.74) is 0.814. The van der Waals surface area contributed by atoms with E-state index in [1.54, 1.807) is 12.1 Å². The second-order valence-electron chi connectivity index (χ2n) is 6.87. The van der Waals surface area contributed by atoms with Gasteiger partial charge >= 0.3 is 0 Å². The topological polar surface area (TPSA) is 93.2 Å². The third-order valence-corrected chi connectivity index (χ3v) is 6.93. The van der Waals surface area contributed by atoms with Crippen LogP contribution in [0.5, 0.6) is 5.75 Å². The molecule has 3 aromatic rings. The van der Waals surface area contributed by atoms with Gasteiger partial charge in [-0.2, -0.15) is 4.37 Å². The number of anilines is 1. The second-order valence-corrected chi connectivity index (χ2v) is 9.30. The largest absolute Gasteiger partial charge is 0.485 e. The Balaban J connectivity index is 1.58. The van der Waals surface area contributed by atoms with Crippen molar-refractivity contribution in [2.45, 2.75) is 23.3 Å². The number of ether oxygens (including phenoxy) is 1. The summed E-state index contributed by atoms with van der Waals surface area (Å²) in [6, 6.07) is 7.21. The highest BCUT2D eigenvalue weighted by Crippen LogP contribution is 2.32. The van der Waals surface area contributed by atoms with Crippen LogP contribution in [0, 0.1) is 17.5 Å². The molecule has 164 valence electrons. The molecule has 0 bridgehead atoms. The highest BCUT2D eigenvalue weighted by molar-refractivity contribution is 7.93. The molecule has 0 aliphatic carbocycles. The summed E-state index contributed by atoms with van der Waals surface area (Å²) < 4.78 is 78.7. The SMILES string of the molecule is O=S(=O)(Nc1ncns1)c1cc(F)c(O[C@@H]2CNCCC2c2ccc(F)cc2)cc1F. The lowest BCUT2D eigenvalue weighted by molar-refractivity contribution is 0.136. The number of nitrogens with one attached hydrogen (secondary N) is 2. The van der Waals surface area contributed by atoms with Gasteiger partial charge in [-0.05, 0) is 30.7 Å². The molecule has 4 rings (SSSR count). The van der Waals surface area contributed by atoms with Crippen LogP contribution in [0.25, 0.3) is 0 Å². The van der Waals surface area contributed by atoms with E-state index in [-0.39, 0.29) is 16.9 Å². The summed E-state index contributed by atoms with van der Waals surface area (Å²) in [5.74, 6) is -3.15. The smallest absolute Gasteiger partial charge is 0.266 e. The van der Waals surface area contributed by atoms with Gasteiger partial charge in [0.1, 0.15) is 29.0 Å². The first-order valence-corrected chi connectivity index (χ1v) is 11.5. The zero-order valence-electron chi connectivity index (χ0n) is 15.9. The van der Waals surface area contributed by atoms with Crippen LogP contribution in [0.3, 0.4) is 0 Å². The van der Waals surface area contributed by atoms with Crippen molar-refractivity contribution in [1.82, 2.24) is 14.7 Å². The molecule has 1 aromatic heterocycles. The highest BCUT2D eigenvalue weighted by atomic mass is 32.2. The molecule has 0 amide bonds. The fraction of sp³-hybridized carbons (Fsp3) is 0.263. The van der Waals surface area contributed by atoms with Gasteiger partial charge in [-0.15, -0.1) is 0 Å². The van der Waals surface area contributed by atoms with Crippen LogP contribution in [0.4, 0.5) is 18.3 Å². The molecule has 1 aliphatic rings. The van der Waals surface area contributed by atoms with Crippen molar-refractivity contribution in [2.75, 3.05) is 17.8 Å². The standard InChI is InChI=1S/C19H17F3N4O3S2/c20-12-3-1-11(2-4-12)13-5-6-23-9-17(13)29-16-7-15(22)18(8-14(16)21)31(27,28)26-19-24-10-25-30-19/h1-4,7-8,10,13,17,23H,5-6,9H2,(H,24,25,26)/t13?,17-/m1/s1. The van der Waals surface area contributed by atoms with Crippen molar-refractivity contribution in [3.05, 3.63) is 65.7 Å². The number of sulfonamides is 1. The van der Waals surface area contributed by atoms with E-state index in [2.05, 4.69) is 14.7 Å². The van der Waals surface area contributed by atoms with Crippen LogP contribution in [0.2, 0.25) is 0 Å². The quantitative estimate of drug-likeness (QED) is 0.575. The van der Waals surface area contributed by atoms with E-state index < -0.39 is 38.4 Å². The van der Waals surface area contributed by atoms with Crippen LogP contribution >= 0.6 is 11.5 Å². The summed E-state index contributed by atoms with van der Waals surface area (Å²) in [4.78, 5) is 2.79. The first-order valence-electron chi connectivity index (χ1n) is 9.25. The molecule has 0 radical (unpaired) electrons. The predicted molar refractivity (Wildman–Crippen MR) is 108 cm³/mol. The van der Waals surface area contributed by atoms with Gasteiger partial charge in [-0.1, -0.05) is 12.1 Å². The minimum Gasteiger partial charge on any atom is -0.485 e. The van der Waals surface area contributed by atoms with E-state index in [0.717, 1.165) is 23.4 Å². The van der Waals surface area contributed by atoms with Crippen molar-refractivity contribution < 1.29 is 26.3 Å². The first kappa shape index (κ1) is 21.5. The Kier molecular flexibility index (Phi) is 6.12. The number of halogens is 3. The van der Waals surface area contributed by atoms with E-state index >= 15 is 0 Å². The summed E-state index contributed by atoms with van der Waals surface area (Å²) >= 11 is 0.757. The van der Waals surface area contributed by atoms with Gasteiger partial charge in [0.05, 0.1) is 0 Å². The number of hydrogen-bond acceptors (Lipinski definition) is 7. The number of hydrogen-bond donors (Lipinski definition) is 2. The predicted octanol–water partition coefficient (Wildman–Crippen LogP) is 3.28. The van der Waals surface area contributed by atoms with Crippen LogP contribution in [-0.2, 0) is 10.0 Å². The Morgan fingerprint density at radius 1 is 1.13 bits per heavy atom. The minimum atomic E-state index is -4.40. The van der Waals surface area contributed by atoms with Gasteiger partial charge < -0.3 is 10.1 Å². The van der Waals surface area contributed by atoms with E-state index in [4.69, 9.17) is 4.74 Å². The molecule has 1 unspecified atom stereocenters. The molecule has 2 aromatic carbocycles. The summed E-state index contributed by atoms with van der Waals surface area (Å²) in [5, 5.41) is 3.05. The lowest BCUT2D eigenvalue weighted by atomic mass is 9.87. The average Bonchev–Trinajstić information content (AvgIpc) is 3.24. The molecule has 7 nitrogen and oxygen atoms in total. The van der Waals surface area contributed by atoms with Crippen molar-refractivity contribution in [3.63, 3.8) is 0 Å². The normalized spacial score (nSPS) is 19.2. The Morgan fingerprint density at radius 2 is 1.90 bits per heavy atom. The number of rotatable bonds is 6. The van der Waals surface area contributed by atoms with Crippen LogP contribution < -0.4 is 14.8 Å². The van der Waals surface area contributed by atoms with Crippen molar-refractivity contribution in [2.24, 2.45) is 0 Å². The molecule has 12 heteroatoms. The molecule has 0 spiro atoms. The maximum Gasteiger partial charge on any atom is 0.266 e. The molecule has 1 saturated heterocycles. The van der Waals surface area contributed by atoms with Gasteiger partial charge in [-0.3, -0.25) is 4.72 Å². The number of benzene rings is 2. The molecular weight excluding hydrogens is 453 g/mol. The number of nitrogens with zero attached hydrogens (tertiary/aromatic N) is 2. The molecule has 31 heavy (non-hydrogen) atoms. The average molecular weight is 470 g/mol. The third-order valence-electron chi connectivity index (χ3n) is 4.86. The third kappa shape index (κ3) is 4.81. The van der Waals surface area contributed by atoms with E-state index in [9.17, 15) is 21.6 Å². The van der Waals surface area contributed by atoms with E-state index in [0.29, 0.717) is 31.6 Å². The van der Waals surface area contributed by atoms with Gasteiger partial charge in [0.15, 0.2) is 11.6 Å². The Labute approximate surface area is 180 Å². The van der Waals surface area contributed by atoms with Gasteiger partial charge in [0.2, 0.25) is 5.13 Å². The molecule has 1 fully saturated rings. The Bertz CT molecular complexity index is 1160. The van der Waals surface area contributed by atoms with E-state index in [1.807, 2.05) is 4.72 Å². The Morgan fingerprint density at radius 3 is 2.61 bits per heavy atom. The Hall–Kier alpha value is -2.70. The zero-order chi connectivity index (χ0) is 22.0. The molecule has 1 aliphatic heterocycles. The van der Waals surface area contributed by atoms with Crippen molar-refractivity contribution in [1.29, 1.82) is 0 Å². The monoisotopic (exact) mass is 470 g/mol. The van der Waals surface area contributed by atoms with Gasteiger partial charge in [0, 0.05) is 36.1 Å². The highest BCUT2D eigenvalue weighted by Gasteiger charge is 2.30. The van der Waals surface area contributed by atoms with Crippen LogP contribution in [-0.4, -0.2) is 37.0 Å². The van der Waals surface area contributed by atoms with Crippen LogP contribution in [0.1, 0.15) is 17.9 Å². The second kappa shape index (κ2) is 8.81. The lowest BCUT2D eigenvalue weighted by Gasteiger charge is -2.33. The number of aromatic nitrogens is 2. The molecule has 0 saturated carbocycles. The summed E-state index contributed by atoms with van der Waals surface area (Å²) in [6.07, 6.45) is 1.22. The molecular formula is C19H17F3N4O3S2. The first-order chi connectivity index (χ1) is 14.8. The fourth-order valence-electron chi connectivity index (χ4n) is 3.40. The lowest BCUT2D eigenvalue weighted by Crippen LogP contribution is -2.43. The van der Waals surface area contributed by atoms with Gasteiger partial charge in [0.25, 0.3) is 10.0 Å². The van der Waals surface area contributed by atoms with Gasteiger partial charge in [-0.25, -0.2) is 26.6 Å². The van der Waals surface area contributed by atoms with Crippen molar-refractivity contribution in [3.8, 4) is 5.75 Å². The fourth-order valence-corrected chi connectivity index (χ4v) is 5.14. The van der Waals surface area contributed by atoms with E-state index in [1.165, 1.54) is 12.1 Å². The summed E-state index contributed by atoms with van der Waals surface area (Å²) in [7, 11) is -4.40. The van der Waals surface area contributed by atoms with Crippen molar-refractivity contribution >= 4 is 26.7 Å². The van der Waals surface area contributed by atoms with Crippen LogP contribution in [0.15, 0.2) is 47.6 Å². The molecule has 2 heterocycles. The minimum absolute atomic E-state index is 0.0736. The maximum atomic E-state index is 14.7. The number of piperidine rings is 1. The summed E-state index contributed by atoms with van der Waals surface area (Å²) in [6.45, 7) is 1.05.